The molecule has 4 rings (SSSR count). The lowest BCUT2D eigenvalue weighted by molar-refractivity contribution is -0.121. The third-order valence-electron chi connectivity index (χ3n) is 6.06. The van der Waals surface area contributed by atoms with E-state index < -0.39 is 0 Å². The smallest absolute Gasteiger partial charge is 0.231 e. The van der Waals surface area contributed by atoms with Crippen LogP contribution in [0.25, 0.3) is 17.0 Å². The molecule has 33 heavy (non-hydrogen) atoms. The molecule has 0 bridgehead atoms. The van der Waals surface area contributed by atoms with Crippen molar-refractivity contribution in [3.05, 3.63) is 30.3 Å². The highest BCUT2D eigenvalue weighted by atomic mass is 16.5. The Hall–Kier alpha value is -3.36. The topological polar surface area (TPSA) is 99.9 Å². The fourth-order valence-electron chi connectivity index (χ4n) is 4.25. The molecule has 1 amide bonds. The number of benzene rings is 1. The van der Waals surface area contributed by atoms with Gasteiger partial charge in [0.25, 0.3) is 0 Å². The van der Waals surface area contributed by atoms with Gasteiger partial charge in [0.05, 0.1) is 20.8 Å². The molecule has 0 spiro atoms. The molecule has 1 aliphatic rings. The number of hydrogen-bond donors (Lipinski definition) is 1. The Morgan fingerprint density at radius 1 is 1.06 bits per heavy atom. The number of methoxy groups -OCH3 is 2. The van der Waals surface area contributed by atoms with Gasteiger partial charge in [-0.1, -0.05) is 32.1 Å². The van der Waals surface area contributed by atoms with Crippen molar-refractivity contribution in [2.24, 2.45) is 5.92 Å². The van der Waals surface area contributed by atoms with Gasteiger partial charge < -0.3 is 19.5 Å². The molecule has 9 heteroatoms. The number of nitrogens with one attached hydrogen (secondary N) is 1. The summed E-state index contributed by atoms with van der Waals surface area (Å²) in [7, 11) is 3.18. The van der Waals surface area contributed by atoms with Crippen LogP contribution in [0.3, 0.4) is 0 Å². The minimum absolute atomic E-state index is 0.0853. The number of rotatable bonds is 10. The van der Waals surface area contributed by atoms with Crippen molar-refractivity contribution in [3.63, 3.8) is 0 Å². The van der Waals surface area contributed by atoms with Gasteiger partial charge in [0, 0.05) is 18.1 Å². The minimum Gasteiger partial charge on any atom is -0.493 e. The quantitative estimate of drug-likeness (QED) is 0.468. The first-order valence-electron chi connectivity index (χ1n) is 11.5. The van der Waals surface area contributed by atoms with Gasteiger partial charge in [-0.3, -0.25) is 4.79 Å². The lowest BCUT2D eigenvalue weighted by atomic mass is 9.86. The second-order valence-electron chi connectivity index (χ2n) is 8.28. The lowest BCUT2D eigenvalue weighted by Gasteiger charge is -2.20. The first kappa shape index (κ1) is 22.8. The van der Waals surface area contributed by atoms with E-state index in [1.54, 1.807) is 30.9 Å². The Morgan fingerprint density at radius 2 is 1.88 bits per heavy atom. The van der Waals surface area contributed by atoms with Crippen LogP contribution in [0.1, 0.15) is 44.9 Å². The van der Waals surface area contributed by atoms with Crippen molar-refractivity contribution in [3.8, 4) is 28.8 Å². The molecule has 1 aromatic carbocycles. The monoisotopic (exact) mass is 453 g/mol. The Balaban J connectivity index is 1.32. The summed E-state index contributed by atoms with van der Waals surface area (Å²) in [6, 6.07) is 9.05. The van der Waals surface area contributed by atoms with Gasteiger partial charge in [-0.25, -0.2) is 0 Å². The van der Waals surface area contributed by atoms with Gasteiger partial charge in [-0.15, -0.1) is 15.3 Å². The molecule has 176 valence electrons. The number of ether oxygens (including phenoxy) is 3. The average molecular weight is 454 g/mol. The lowest BCUT2D eigenvalue weighted by Crippen LogP contribution is -2.28. The predicted octanol–water partition coefficient (Wildman–Crippen LogP) is 3.66. The van der Waals surface area contributed by atoms with E-state index in [1.165, 1.54) is 32.1 Å². The van der Waals surface area contributed by atoms with Crippen LogP contribution in [-0.4, -0.2) is 53.1 Å². The molecule has 0 aliphatic heterocycles. The van der Waals surface area contributed by atoms with Crippen molar-refractivity contribution in [2.45, 2.75) is 44.9 Å². The number of fused-ring (bicyclic) bond motifs is 1. The zero-order valence-electron chi connectivity index (χ0n) is 19.2. The van der Waals surface area contributed by atoms with E-state index in [0.29, 0.717) is 54.3 Å². The van der Waals surface area contributed by atoms with E-state index in [1.807, 2.05) is 18.2 Å². The largest absolute Gasteiger partial charge is 0.493 e. The summed E-state index contributed by atoms with van der Waals surface area (Å²) in [6.07, 6.45) is 8.04. The van der Waals surface area contributed by atoms with Crippen molar-refractivity contribution in [1.82, 2.24) is 25.1 Å². The van der Waals surface area contributed by atoms with Crippen LogP contribution in [0.15, 0.2) is 30.3 Å². The number of carbonyl (C=O) groups is 1. The Labute approximate surface area is 193 Å². The highest BCUT2D eigenvalue weighted by Crippen LogP contribution is 2.31. The summed E-state index contributed by atoms with van der Waals surface area (Å²) in [6.45, 7) is 0.773. The minimum atomic E-state index is 0.0853. The Kier molecular flexibility index (Phi) is 7.59. The zero-order chi connectivity index (χ0) is 23.0. The van der Waals surface area contributed by atoms with E-state index in [0.717, 1.165) is 12.0 Å². The van der Waals surface area contributed by atoms with Crippen molar-refractivity contribution < 1.29 is 19.0 Å². The van der Waals surface area contributed by atoms with Gasteiger partial charge >= 0.3 is 0 Å². The normalized spacial score (nSPS) is 14.2. The molecule has 1 N–H and O–H groups in total. The van der Waals surface area contributed by atoms with Crippen LogP contribution in [0.2, 0.25) is 0 Å². The molecule has 2 heterocycles. The van der Waals surface area contributed by atoms with Crippen molar-refractivity contribution >= 4 is 11.6 Å². The van der Waals surface area contributed by atoms with Gasteiger partial charge in [0.2, 0.25) is 11.8 Å². The standard InChI is InChI=1S/C24H31N5O4/c1-31-19-10-9-18(16-20(19)32-2)24-27-26-21-11-13-23(28-29(21)24)33-15-14-25-22(30)12-8-17-6-4-3-5-7-17/h9-11,13,16-17H,3-8,12,14-15H2,1-2H3,(H,25,30). The fraction of sp³-hybridized carbons (Fsp3) is 0.500. The third kappa shape index (κ3) is 5.71. The molecule has 1 saturated carbocycles. The van der Waals surface area contributed by atoms with Crippen LogP contribution < -0.4 is 19.5 Å². The molecule has 1 fully saturated rings. The van der Waals surface area contributed by atoms with Crippen LogP contribution >= 0.6 is 0 Å². The molecular weight excluding hydrogens is 422 g/mol. The maximum atomic E-state index is 12.1. The predicted molar refractivity (Wildman–Crippen MR) is 124 cm³/mol. The fourth-order valence-corrected chi connectivity index (χ4v) is 4.25. The summed E-state index contributed by atoms with van der Waals surface area (Å²) in [5, 5.41) is 15.9. The summed E-state index contributed by atoms with van der Waals surface area (Å²) in [5.41, 5.74) is 1.39. The number of aromatic nitrogens is 4. The second-order valence-corrected chi connectivity index (χ2v) is 8.28. The van der Waals surface area contributed by atoms with Gasteiger partial charge in [0.1, 0.15) is 6.61 Å². The molecule has 0 unspecified atom stereocenters. The van der Waals surface area contributed by atoms with E-state index in [4.69, 9.17) is 14.2 Å². The molecule has 0 radical (unpaired) electrons. The van der Waals surface area contributed by atoms with E-state index in [9.17, 15) is 4.79 Å². The first-order valence-corrected chi connectivity index (χ1v) is 11.5. The Bertz CT molecular complexity index is 1080. The molecule has 2 aromatic heterocycles. The molecule has 3 aromatic rings. The van der Waals surface area contributed by atoms with Crippen LogP contribution in [0, 0.1) is 5.92 Å². The highest BCUT2D eigenvalue weighted by Gasteiger charge is 2.15. The van der Waals surface area contributed by atoms with Crippen LogP contribution in [-0.2, 0) is 4.79 Å². The summed E-state index contributed by atoms with van der Waals surface area (Å²) in [5.74, 6) is 3.02. The molecule has 9 nitrogen and oxygen atoms in total. The van der Waals surface area contributed by atoms with E-state index >= 15 is 0 Å². The zero-order valence-corrected chi connectivity index (χ0v) is 19.2. The maximum Gasteiger partial charge on any atom is 0.231 e. The number of carbonyl (C=O) groups excluding carboxylic acids is 1. The number of amides is 1. The molecule has 0 saturated heterocycles. The number of nitrogens with zero attached hydrogens (tertiary/aromatic N) is 4. The van der Waals surface area contributed by atoms with E-state index in [2.05, 4.69) is 20.6 Å². The first-order chi connectivity index (χ1) is 16.2. The summed E-state index contributed by atoms with van der Waals surface area (Å²) in [4.78, 5) is 12.1. The molecule has 0 atom stereocenters. The van der Waals surface area contributed by atoms with Gasteiger partial charge in [0.15, 0.2) is 23.0 Å². The van der Waals surface area contributed by atoms with Crippen LogP contribution in [0.5, 0.6) is 17.4 Å². The highest BCUT2D eigenvalue weighted by molar-refractivity contribution is 5.75. The average Bonchev–Trinajstić information content (AvgIpc) is 3.29. The second kappa shape index (κ2) is 11.0. The SMILES string of the molecule is COc1ccc(-c2nnc3ccc(OCCNC(=O)CCC4CCCCC4)nn23)cc1OC. The van der Waals surface area contributed by atoms with Crippen molar-refractivity contribution in [2.75, 3.05) is 27.4 Å². The van der Waals surface area contributed by atoms with Crippen LogP contribution in [0.4, 0.5) is 0 Å². The summed E-state index contributed by atoms with van der Waals surface area (Å²) < 4.78 is 18.1. The molecule has 1 aliphatic carbocycles. The third-order valence-corrected chi connectivity index (χ3v) is 6.06. The maximum absolute atomic E-state index is 12.1. The van der Waals surface area contributed by atoms with Gasteiger partial charge in [-0.2, -0.15) is 4.52 Å². The Morgan fingerprint density at radius 3 is 2.67 bits per heavy atom. The van der Waals surface area contributed by atoms with E-state index in [-0.39, 0.29) is 5.91 Å². The van der Waals surface area contributed by atoms with Gasteiger partial charge in [-0.05, 0) is 36.6 Å². The van der Waals surface area contributed by atoms with Crippen molar-refractivity contribution in [1.29, 1.82) is 0 Å². The summed E-state index contributed by atoms with van der Waals surface area (Å²) >= 11 is 0. The molecular formula is C24H31N5O4. The number of hydrogen-bond acceptors (Lipinski definition) is 7.